The lowest BCUT2D eigenvalue weighted by atomic mass is 10.1. The van der Waals surface area contributed by atoms with Crippen molar-refractivity contribution in [3.8, 4) is 22.6 Å². The number of carbonyl (C=O) groups is 1. The minimum atomic E-state index is -0.151. The number of amides is 1. The molecular weight excluding hydrogens is 474 g/mol. The maximum absolute atomic E-state index is 12.6. The maximum atomic E-state index is 12.6. The zero-order chi connectivity index (χ0) is 23.4. The first kappa shape index (κ1) is 23.2. The van der Waals surface area contributed by atoms with Gasteiger partial charge in [-0.1, -0.05) is 41.6 Å². The second kappa shape index (κ2) is 10.3. The van der Waals surface area contributed by atoms with Crippen LogP contribution in [0.4, 0.5) is 5.13 Å². The fourth-order valence-electron chi connectivity index (χ4n) is 3.15. The number of hydrogen-bond donors (Lipinski definition) is 1. The quantitative estimate of drug-likeness (QED) is 0.231. The summed E-state index contributed by atoms with van der Waals surface area (Å²) >= 11 is 8.72. The van der Waals surface area contributed by atoms with Crippen molar-refractivity contribution in [3.63, 3.8) is 0 Å². The Balaban J connectivity index is 1.42. The second-order valence-electron chi connectivity index (χ2n) is 7.39. The van der Waals surface area contributed by atoms with Crippen LogP contribution in [0.25, 0.3) is 22.6 Å². The molecular formula is C24H22ClN5OS2. The fraction of sp³-hybridized carbons (Fsp3) is 0.167. The summed E-state index contributed by atoms with van der Waals surface area (Å²) in [6, 6.07) is 13.6. The highest BCUT2D eigenvalue weighted by atomic mass is 35.5. The Labute approximate surface area is 205 Å². The van der Waals surface area contributed by atoms with Crippen molar-refractivity contribution in [2.45, 2.75) is 25.5 Å². The van der Waals surface area contributed by atoms with Gasteiger partial charge in [0.1, 0.15) is 0 Å². The monoisotopic (exact) mass is 495 g/mol. The van der Waals surface area contributed by atoms with Gasteiger partial charge in [0.05, 0.1) is 11.4 Å². The lowest BCUT2D eigenvalue weighted by Gasteiger charge is -2.08. The van der Waals surface area contributed by atoms with Crippen molar-refractivity contribution in [1.82, 2.24) is 19.7 Å². The van der Waals surface area contributed by atoms with Crippen LogP contribution < -0.4 is 5.32 Å². The second-order valence-corrected chi connectivity index (χ2v) is 9.62. The number of benzene rings is 2. The van der Waals surface area contributed by atoms with Crippen molar-refractivity contribution in [2.24, 2.45) is 0 Å². The number of carbonyl (C=O) groups excluding carboxylic acids is 1. The zero-order valence-corrected chi connectivity index (χ0v) is 20.6. The van der Waals surface area contributed by atoms with Crippen molar-refractivity contribution >= 4 is 45.7 Å². The average molecular weight is 496 g/mol. The van der Waals surface area contributed by atoms with Crippen LogP contribution in [0, 0.1) is 13.8 Å². The summed E-state index contributed by atoms with van der Waals surface area (Å²) in [5.74, 6) is 0.740. The molecule has 6 nitrogen and oxygen atoms in total. The number of anilines is 1. The van der Waals surface area contributed by atoms with E-state index >= 15 is 0 Å². The Kier molecular flexibility index (Phi) is 7.27. The molecule has 168 valence electrons. The number of hydrogen-bond acceptors (Lipinski definition) is 6. The molecule has 0 aliphatic heterocycles. The first-order chi connectivity index (χ1) is 15.9. The first-order valence-electron chi connectivity index (χ1n) is 10.2. The molecule has 0 bridgehead atoms. The third-order valence-corrected chi connectivity index (χ3v) is 6.99. The molecule has 2 heterocycles. The van der Waals surface area contributed by atoms with Gasteiger partial charge in [-0.2, -0.15) is 0 Å². The van der Waals surface area contributed by atoms with Gasteiger partial charge >= 0.3 is 0 Å². The maximum Gasteiger partial charge on any atom is 0.236 e. The minimum absolute atomic E-state index is 0.151. The van der Waals surface area contributed by atoms with E-state index in [9.17, 15) is 4.79 Å². The molecule has 33 heavy (non-hydrogen) atoms. The SMILES string of the molecule is C=CCn1c(SCC(=O)Nc2nc(-c3ccc(C)c(C)c3)cs2)nnc1-c1ccc(Cl)cc1. The number of aryl methyl sites for hydroxylation is 2. The molecule has 0 saturated carbocycles. The summed E-state index contributed by atoms with van der Waals surface area (Å²) in [4.78, 5) is 17.1. The molecule has 2 aromatic carbocycles. The molecule has 1 N–H and O–H groups in total. The highest BCUT2D eigenvalue weighted by Crippen LogP contribution is 2.28. The molecule has 0 unspecified atom stereocenters. The molecule has 1 amide bonds. The Hall–Kier alpha value is -2.94. The summed E-state index contributed by atoms with van der Waals surface area (Å²) in [6.45, 7) is 8.51. The largest absolute Gasteiger partial charge is 0.301 e. The Bertz CT molecular complexity index is 1300. The van der Waals surface area contributed by atoms with Crippen LogP contribution in [0.2, 0.25) is 5.02 Å². The number of thiazole rings is 1. The van der Waals surface area contributed by atoms with Crippen molar-refractivity contribution in [3.05, 3.63) is 76.6 Å². The topological polar surface area (TPSA) is 72.7 Å². The van der Waals surface area contributed by atoms with Gasteiger partial charge in [-0.3, -0.25) is 9.36 Å². The molecule has 0 fully saturated rings. The molecule has 4 aromatic rings. The van der Waals surface area contributed by atoms with Gasteiger partial charge in [0.25, 0.3) is 0 Å². The summed E-state index contributed by atoms with van der Waals surface area (Å²) in [5, 5.41) is 15.3. The van der Waals surface area contributed by atoms with Crippen LogP contribution in [0.15, 0.2) is 65.7 Å². The van der Waals surface area contributed by atoms with Crippen molar-refractivity contribution < 1.29 is 4.79 Å². The molecule has 0 saturated heterocycles. The minimum Gasteiger partial charge on any atom is -0.301 e. The third kappa shape index (κ3) is 5.52. The molecule has 0 aliphatic carbocycles. The van der Waals surface area contributed by atoms with Gasteiger partial charge in [0.15, 0.2) is 16.1 Å². The third-order valence-electron chi connectivity index (χ3n) is 5.02. The molecule has 0 aliphatic rings. The standard InChI is InChI=1S/C24H22ClN5OS2/c1-4-11-30-22(17-7-9-19(25)10-8-17)28-29-24(30)33-14-21(31)27-23-26-20(13-32-23)18-6-5-15(2)16(3)12-18/h4-10,12-13H,1,11,14H2,2-3H3,(H,26,27,31). The summed E-state index contributed by atoms with van der Waals surface area (Å²) < 4.78 is 1.93. The number of allylic oxidation sites excluding steroid dienone is 1. The predicted octanol–water partition coefficient (Wildman–Crippen LogP) is 6.26. The van der Waals surface area contributed by atoms with E-state index in [2.05, 4.69) is 53.1 Å². The van der Waals surface area contributed by atoms with E-state index in [0.29, 0.717) is 27.7 Å². The van der Waals surface area contributed by atoms with E-state index in [4.69, 9.17) is 11.6 Å². The fourth-order valence-corrected chi connectivity index (χ4v) is 4.76. The molecule has 2 aromatic heterocycles. The number of aromatic nitrogens is 4. The predicted molar refractivity (Wildman–Crippen MR) is 137 cm³/mol. The highest BCUT2D eigenvalue weighted by molar-refractivity contribution is 7.99. The number of nitrogens with one attached hydrogen (secondary N) is 1. The number of nitrogens with zero attached hydrogens (tertiary/aromatic N) is 4. The van der Waals surface area contributed by atoms with E-state index in [1.54, 1.807) is 6.08 Å². The van der Waals surface area contributed by atoms with Crippen LogP contribution in [0.1, 0.15) is 11.1 Å². The normalized spacial score (nSPS) is 10.9. The summed E-state index contributed by atoms with van der Waals surface area (Å²) in [7, 11) is 0. The highest BCUT2D eigenvalue weighted by Gasteiger charge is 2.16. The number of thioether (sulfide) groups is 1. The Morgan fingerprint density at radius 2 is 1.91 bits per heavy atom. The van der Waals surface area contributed by atoms with Gasteiger partial charge in [0, 0.05) is 28.1 Å². The van der Waals surface area contributed by atoms with Crippen molar-refractivity contribution in [2.75, 3.05) is 11.1 Å². The lowest BCUT2D eigenvalue weighted by molar-refractivity contribution is -0.113. The number of rotatable bonds is 8. The van der Waals surface area contributed by atoms with Crippen LogP contribution in [-0.4, -0.2) is 31.4 Å². The van der Waals surface area contributed by atoms with Crippen LogP contribution >= 0.6 is 34.7 Å². The van der Waals surface area contributed by atoms with E-state index < -0.39 is 0 Å². The zero-order valence-electron chi connectivity index (χ0n) is 18.2. The van der Waals surface area contributed by atoms with Crippen LogP contribution in [0.3, 0.4) is 0 Å². The average Bonchev–Trinajstić information content (AvgIpc) is 3.42. The van der Waals surface area contributed by atoms with Crippen LogP contribution in [-0.2, 0) is 11.3 Å². The van der Waals surface area contributed by atoms with Gasteiger partial charge < -0.3 is 5.32 Å². The van der Waals surface area contributed by atoms with E-state index in [1.165, 1.54) is 34.2 Å². The molecule has 0 atom stereocenters. The first-order valence-corrected chi connectivity index (χ1v) is 12.4. The van der Waals surface area contributed by atoms with Gasteiger partial charge in [-0.25, -0.2) is 4.98 Å². The summed E-state index contributed by atoms with van der Waals surface area (Å²) in [5.41, 5.74) is 5.24. The molecule has 0 radical (unpaired) electrons. The van der Waals surface area contributed by atoms with E-state index in [-0.39, 0.29) is 11.7 Å². The Morgan fingerprint density at radius 3 is 2.64 bits per heavy atom. The summed E-state index contributed by atoms with van der Waals surface area (Å²) in [6.07, 6.45) is 1.77. The van der Waals surface area contributed by atoms with Crippen molar-refractivity contribution in [1.29, 1.82) is 0 Å². The molecule has 4 rings (SSSR count). The number of halogens is 1. The van der Waals surface area contributed by atoms with Gasteiger partial charge in [-0.15, -0.1) is 28.1 Å². The van der Waals surface area contributed by atoms with Gasteiger partial charge in [-0.05, 0) is 55.3 Å². The Morgan fingerprint density at radius 1 is 1.15 bits per heavy atom. The van der Waals surface area contributed by atoms with E-state index in [1.807, 2.05) is 40.3 Å². The molecule has 0 spiro atoms. The van der Waals surface area contributed by atoms with Crippen LogP contribution in [0.5, 0.6) is 0 Å². The lowest BCUT2D eigenvalue weighted by Crippen LogP contribution is -2.14. The molecule has 9 heteroatoms. The van der Waals surface area contributed by atoms with Gasteiger partial charge in [0.2, 0.25) is 5.91 Å². The van der Waals surface area contributed by atoms with E-state index in [0.717, 1.165) is 16.8 Å². The smallest absolute Gasteiger partial charge is 0.236 e.